The number of carbonyl (C=O) groups is 1. The van der Waals surface area contributed by atoms with Crippen LogP contribution in [0.4, 0.5) is 10.5 Å². The topological polar surface area (TPSA) is 84.1 Å². The number of amides is 1. The van der Waals surface area contributed by atoms with Crippen LogP contribution in [0, 0.1) is 0 Å². The molecule has 0 aliphatic carbocycles. The molecule has 2 aromatic carbocycles. The van der Waals surface area contributed by atoms with Crippen molar-refractivity contribution in [3.8, 4) is 11.3 Å². The number of anilines is 1. The van der Waals surface area contributed by atoms with Crippen LogP contribution in [0.3, 0.4) is 0 Å². The molecule has 0 fully saturated rings. The van der Waals surface area contributed by atoms with Gasteiger partial charge in [0.25, 0.3) is 5.56 Å². The summed E-state index contributed by atoms with van der Waals surface area (Å²) in [6.07, 6.45) is 0.177. The number of H-pyrrole nitrogens is 1. The predicted molar refractivity (Wildman–Crippen MR) is 95.4 cm³/mol. The maximum absolute atomic E-state index is 11.8. The summed E-state index contributed by atoms with van der Waals surface area (Å²) in [5, 5.41) is 9.02. The number of aromatic amines is 1. The van der Waals surface area contributed by atoms with Crippen LogP contribution in [0.15, 0.2) is 71.5 Å². The highest BCUT2D eigenvalue weighted by Gasteiger charge is 2.05. The van der Waals surface area contributed by atoms with E-state index in [4.69, 9.17) is 4.74 Å². The van der Waals surface area contributed by atoms with Crippen LogP contribution in [0.25, 0.3) is 11.3 Å². The van der Waals surface area contributed by atoms with Crippen molar-refractivity contribution < 1.29 is 9.53 Å². The molecule has 0 spiro atoms. The number of nitrogens with one attached hydrogen (secondary N) is 2. The zero-order valence-electron chi connectivity index (χ0n) is 13.4. The summed E-state index contributed by atoms with van der Waals surface area (Å²) in [6.45, 7) is 0.315. The van der Waals surface area contributed by atoms with E-state index < -0.39 is 6.09 Å². The summed E-state index contributed by atoms with van der Waals surface area (Å²) < 4.78 is 5.18. The van der Waals surface area contributed by atoms with E-state index in [1.807, 2.05) is 30.3 Å². The first-order valence-electron chi connectivity index (χ1n) is 7.84. The van der Waals surface area contributed by atoms with Gasteiger partial charge in [-0.15, -0.1) is 0 Å². The lowest BCUT2D eigenvalue weighted by Gasteiger charge is -2.08. The van der Waals surface area contributed by atoms with E-state index in [2.05, 4.69) is 15.5 Å². The van der Waals surface area contributed by atoms with E-state index in [0.717, 1.165) is 11.1 Å². The Morgan fingerprint density at radius 1 is 1.00 bits per heavy atom. The predicted octanol–water partition coefficient (Wildman–Crippen LogP) is 3.23. The van der Waals surface area contributed by atoms with Crippen LogP contribution < -0.4 is 10.9 Å². The fourth-order valence-corrected chi connectivity index (χ4v) is 2.29. The van der Waals surface area contributed by atoms with E-state index in [-0.39, 0.29) is 5.56 Å². The van der Waals surface area contributed by atoms with Gasteiger partial charge in [-0.05, 0) is 23.8 Å². The molecular formula is C19H17N3O3. The average Bonchev–Trinajstić information content (AvgIpc) is 2.64. The number of carbonyl (C=O) groups excluding carboxylic acids is 1. The molecule has 6 nitrogen and oxygen atoms in total. The van der Waals surface area contributed by atoms with Crippen LogP contribution in [-0.4, -0.2) is 22.9 Å². The molecule has 0 atom stereocenters. The number of ether oxygens (including phenoxy) is 1. The fraction of sp³-hybridized carbons (Fsp3) is 0.105. The van der Waals surface area contributed by atoms with Gasteiger partial charge in [0, 0.05) is 23.7 Å². The maximum atomic E-state index is 11.8. The Morgan fingerprint density at radius 2 is 1.76 bits per heavy atom. The average molecular weight is 335 g/mol. The number of aromatic nitrogens is 2. The van der Waals surface area contributed by atoms with Gasteiger partial charge in [-0.3, -0.25) is 10.1 Å². The van der Waals surface area contributed by atoms with Crippen molar-refractivity contribution in [2.24, 2.45) is 0 Å². The lowest BCUT2D eigenvalue weighted by molar-refractivity contribution is 0.163. The van der Waals surface area contributed by atoms with E-state index in [1.165, 1.54) is 6.07 Å². The third-order valence-corrected chi connectivity index (χ3v) is 3.57. The number of benzene rings is 2. The minimum atomic E-state index is -0.495. The molecule has 0 unspecified atom stereocenters. The number of rotatable bonds is 5. The molecule has 3 rings (SSSR count). The second kappa shape index (κ2) is 7.92. The van der Waals surface area contributed by atoms with Crippen LogP contribution in [-0.2, 0) is 11.2 Å². The summed E-state index contributed by atoms with van der Waals surface area (Å²) >= 11 is 0. The summed E-state index contributed by atoms with van der Waals surface area (Å²) in [5.41, 5.74) is 2.97. The van der Waals surface area contributed by atoms with E-state index in [1.54, 1.807) is 30.3 Å². The third-order valence-electron chi connectivity index (χ3n) is 3.57. The van der Waals surface area contributed by atoms with Gasteiger partial charge in [0.2, 0.25) is 0 Å². The monoisotopic (exact) mass is 335 g/mol. The van der Waals surface area contributed by atoms with Crippen molar-refractivity contribution in [2.75, 3.05) is 11.9 Å². The Labute approximate surface area is 144 Å². The summed E-state index contributed by atoms with van der Waals surface area (Å²) in [6, 6.07) is 20.0. The van der Waals surface area contributed by atoms with Crippen molar-refractivity contribution in [2.45, 2.75) is 6.42 Å². The quantitative estimate of drug-likeness (QED) is 0.750. The smallest absolute Gasteiger partial charge is 0.411 e. The van der Waals surface area contributed by atoms with Gasteiger partial charge < -0.3 is 4.74 Å². The fourth-order valence-electron chi connectivity index (χ4n) is 2.29. The Bertz CT molecular complexity index is 869. The molecule has 0 aliphatic rings. The van der Waals surface area contributed by atoms with E-state index in [0.29, 0.717) is 24.4 Å². The normalized spacial score (nSPS) is 10.2. The van der Waals surface area contributed by atoms with Crippen molar-refractivity contribution >= 4 is 11.8 Å². The molecular weight excluding hydrogens is 318 g/mol. The molecule has 6 heteroatoms. The van der Waals surface area contributed by atoms with Crippen molar-refractivity contribution in [1.82, 2.24) is 10.2 Å². The van der Waals surface area contributed by atoms with Gasteiger partial charge in [0.15, 0.2) is 0 Å². The van der Waals surface area contributed by atoms with Gasteiger partial charge in [0.1, 0.15) is 0 Å². The molecule has 2 N–H and O–H groups in total. The van der Waals surface area contributed by atoms with Gasteiger partial charge >= 0.3 is 6.09 Å². The molecule has 0 saturated heterocycles. The Kier molecular flexibility index (Phi) is 5.21. The summed E-state index contributed by atoms with van der Waals surface area (Å²) in [7, 11) is 0. The SMILES string of the molecule is O=C(Nc1ccc(-c2ccc(=O)[nH]n2)cc1)OCCc1ccccc1. The zero-order chi connectivity index (χ0) is 17.5. The highest BCUT2D eigenvalue weighted by atomic mass is 16.5. The second-order valence-electron chi connectivity index (χ2n) is 5.38. The summed E-state index contributed by atoms with van der Waals surface area (Å²) in [5.74, 6) is 0. The molecule has 0 saturated carbocycles. The molecule has 25 heavy (non-hydrogen) atoms. The third kappa shape index (κ3) is 4.78. The van der Waals surface area contributed by atoms with Gasteiger partial charge in [-0.25, -0.2) is 9.89 Å². The maximum Gasteiger partial charge on any atom is 0.411 e. The first kappa shape index (κ1) is 16.4. The molecule has 0 radical (unpaired) electrons. The molecule has 0 aliphatic heterocycles. The lowest BCUT2D eigenvalue weighted by atomic mass is 10.1. The van der Waals surface area contributed by atoms with Crippen molar-refractivity contribution in [3.05, 3.63) is 82.6 Å². The lowest BCUT2D eigenvalue weighted by Crippen LogP contribution is -2.15. The largest absolute Gasteiger partial charge is 0.449 e. The standard InChI is InChI=1S/C19H17N3O3/c23-18-11-10-17(21-22-18)15-6-8-16(9-7-15)20-19(24)25-13-12-14-4-2-1-3-5-14/h1-11H,12-13H2,(H,20,24)(H,22,23). The van der Waals surface area contributed by atoms with Crippen LogP contribution >= 0.6 is 0 Å². The van der Waals surface area contributed by atoms with E-state index >= 15 is 0 Å². The van der Waals surface area contributed by atoms with Crippen LogP contribution in [0.1, 0.15) is 5.56 Å². The van der Waals surface area contributed by atoms with Crippen molar-refractivity contribution in [1.29, 1.82) is 0 Å². The number of nitrogens with zero attached hydrogens (tertiary/aromatic N) is 1. The Balaban J connectivity index is 1.51. The van der Waals surface area contributed by atoms with Gasteiger partial charge in [-0.1, -0.05) is 42.5 Å². The molecule has 0 bridgehead atoms. The van der Waals surface area contributed by atoms with Crippen LogP contribution in [0.5, 0.6) is 0 Å². The van der Waals surface area contributed by atoms with Crippen molar-refractivity contribution in [3.63, 3.8) is 0 Å². The van der Waals surface area contributed by atoms with E-state index in [9.17, 15) is 9.59 Å². The molecule has 126 valence electrons. The van der Waals surface area contributed by atoms with Crippen LogP contribution in [0.2, 0.25) is 0 Å². The first-order chi connectivity index (χ1) is 12.2. The Hall–Kier alpha value is -3.41. The number of hydrogen-bond donors (Lipinski definition) is 2. The minimum absolute atomic E-state index is 0.250. The number of hydrogen-bond acceptors (Lipinski definition) is 4. The first-order valence-corrected chi connectivity index (χ1v) is 7.84. The van der Waals surface area contributed by atoms with Gasteiger partial charge in [-0.2, -0.15) is 5.10 Å². The second-order valence-corrected chi connectivity index (χ2v) is 5.38. The molecule has 1 aromatic heterocycles. The highest BCUT2D eigenvalue weighted by molar-refractivity contribution is 5.85. The molecule has 3 aromatic rings. The van der Waals surface area contributed by atoms with Gasteiger partial charge in [0.05, 0.1) is 12.3 Å². The molecule has 1 amide bonds. The summed E-state index contributed by atoms with van der Waals surface area (Å²) in [4.78, 5) is 22.8. The Morgan fingerprint density at radius 3 is 2.44 bits per heavy atom. The minimum Gasteiger partial charge on any atom is -0.449 e. The zero-order valence-corrected chi connectivity index (χ0v) is 13.4. The highest BCUT2D eigenvalue weighted by Crippen LogP contribution is 2.18. The molecule has 1 heterocycles.